The molecule has 0 bridgehead atoms. The summed E-state index contributed by atoms with van der Waals surface area (Å²) in [4.78, 5) is 0. The van der Waals surface area contributed by atoms with Gasteiger partial charge in [0.25, 0.3) is 0 Å². The van der Waals surface area contributed by atoms with E-state index in [0.29, 0.717) is 45.3 Å². The standard InChI is InChI=1S/C36H64O4/c1-22-19-32(3,4)28-15-18-36(8)30(34(28,6)20-22)12-11-29-33(5)16-13-24(25(33)14-17-35(29,36)7)23(2)9-10-26(38)31(40)27(39)21-37/h22-31,37-40H,9-21H2,1-8H3/t22-,23?,24-,25+,26?,27?,28+,29-,30-,31?,33+,34+,35-,36-/m1/s1. The van der Waals surface area contributed by atoms with E-state index in [9.17, 15) is 15.3 Å². The van der Waals surface area contributed by atoms with Crippen molar-refractivity contribution in [1.29, 1.82) is 0 Å². The maximum Gasteiger partial charge on any atom is 0.108 e. The van der Waals surface area contributed by atoms with Gasteiger partial charge in [-0.2, -0.15) is 0 Å². The van der Waals surface area contributed by atoms with E-state index < -0.39 is 24.9 Å². The lowest BCUT2D eigenvalue weighted by atomic mass is 9.31. The average Bonchev–Trinajstić information content (AvgIpc) is 3.22. The Kier molecular flexibility index (Phi) is 8.19. The molecule has 0 aliphatic heterocycles. The second-order valence-corrected chi connectivity index (χ2v) is 17.8. The van der Waals surface area contributed by atoms with Gasteiger partial charge in [-0.05, 0) is 146 Å². The second-order valence-electron chi connectivity index (χ2n) is 17.8. The van der Waals surface area contributed by atoms with E-state index in [1.807, 2.05) is 0 Å². The molecular weight excluding hydrogens is 496 g/mol. The average molecular weight is 561 g/mol. The monoisotopic (exact) mass is 560 g/mol. The highest BCUT2D eigenvalue weighted by Crippen LogP contribution is 2.78. The van der Waals surface area contributed by atoms with Crippen LogP contribution in [0.15, 0.2) is 0 Å². The van der Waals surface area contributed by atoms with Crippen molar-refractivity contribution < 1.29 is 20.4 Å². The van der Waals surface area contributed by atoms with Crippen LogP contribution in [0, 0.1) is 68.5 Å². The van der Waals surface area contributed by atoms with Gasteiger partial charge in [0, 0.05) is 0 Å². The first-order chi connectivity index (χ1) is 18.5. The van der Waals surface area contributed by atoms with Gasteiger partial charge in [0.05, 0.1) is 12.7 Å². The van der Waals surface area contributed by atoms with Crippen LogP contribution in [0.5, 0.6) is 0 Å². The first-order valence-electron chi connectivity index (χ1n) is 17.2. The van der Waals surface area contributed by atoms with Crippen molar-refractivity contribution in [2.45, 2.75) is 151 Å². The Morgan fingerprint density at radius 1 is 0.675 bits per heavy atom. The molecule has 40 heavy (non-hydrogen) atoms. The molecule has 4 unspecified atom stereocenters. The third kappa shape index (κ3) is 4.50. The van der Waals surface area contributed by atoms with Gasteiger partial charge in [0.1, 0.15) is 12.2 Å². The van der Waals surface area contributed by atoms with Gasteiger partial charge in [0.15, 0.2) is 0 Å². The Bertz CT molecular complexity index is 918. The minimum Gasteiger partial charge on any atom is -0.394 e. The molecule has 0 aromatic heterocycles. The maximum absolute atomic E-state index is 10.5. The van der Waals surface area contributed by atoms with Crippen LogP contribution >= 0.6 is 0 Å². The molecule has 0 heterocycles. The van der Waals surface area contributed by atoms with Crippen molar-refractivity contribution in [3.63, 3.8) is 0 Å². The fourth-order valence-corrected chi connectivity index (χ4v) is 13.9. The van der Waals surface area contributed by atoms with E-state index in [1.54, 1.807) is 0 Å². The van der Waals surface area contributed by atoms with E-state index in [-0.39, 0.29) is 0 Å². The summed E-state index contributed by atoms with van der Waals surface area (Å²) in [6, 6.07) is 0. The van der Waals surface area contributed by atoms with Gasteiger partial charge in [0.2, 0.25) is 0 Å². The van der Waals surface area contributed by atoms with E-state index in [2.05, 4.69) is 55.4 Å². The Labute approximate surface area is 246 Å². The molecule has 4 nitrogen and oxygen atoms in total. The number of hydrogen-bond acceptors (Lipinski definition) is 4. The van der Waals surface area contributed by atoms with Crippen molar-refractivity contribution in [1.82, 2.24) is 0 Å². The molecule has 0 radical (unpaired) electrons. The smallest absolute Gasteiger partial charge is 0.108 e. The van der Waals surface area contributed by atoms with E-state index in [4.69, 9.17) is 5.11 Å². The number of rotatable bonds is 7. The fourth-order valence-electron chi connectivity index (χ4n) is 13.9. The number of hydrogen-bond donors (Lipinski definition) is 4. The lowest BCUT2D eigenvalue weighted by molar-refractivity contribution is -0.245. The van der Waals surface area contributed by atoms with Crippen LogP contribution in [-0.4, -0.2) is 45.3 Å². The van der Waals surface area contributed by atoms with Crippen molar-refractivity contribution in [3.8, 4) is 0 Å². The van der Waals surface area contributed by atoms with Crippen molar-refractivity contribution in [3.05, 3.63) is 0 Å². The highest BCUT2D eigenvalue weighted by Gasteiger charge is 2.70. The molecule has 5 aliphatic carbocycles. The van der Waals surface area contributed by atoms with Gasteiger partial charge >= 0.3 is 0 Å². The van der Waals surface area contributed by atoms with Crippen LogP contribution in [0.2, 0.25) is 0 Å². The Morgan fingerprint density at radius 3 is 1.90 bits per heavy atom. The molecular formula is C36H64O4. The van der Waals surface area contributed by atoms with Crippen LogP contribution in [0.1, 0.15) is 132 Å². The Morgan fingerprint density at radius 2 is 1.27 bits per heavy atom. The molecule has 232 valence electrons. The summed E-state index contributed by atoms with van der Waals surface area (Å²) in [5.41, 5.74) is 2.19. The van der Waals surface area contributed by atoms with Gasteiger partial charge < -0.3 is 20.4 Å². The quantitative estimate of drug-likeness (QED) is 0.265. The van der Waals surface area contributed by atoms with Crippen molar-refractivity contribution >= 4 is 0 Å². The normalized spacial score (nSPS) is 51.0. The third-order valence-corrected chi connectivity index (χ3v) is 15.5. The zero-order chi connectivity index (χ0) is 29.5. The molecule has 0 aromatic carbocycles. The van der Waals surface area contributed by atoms with Crippen molar-refractivity contribution in [2.24, 2.45) is 68.5 Å². The molecule has 0 amide bonds. The van der Waals surface area contributed by atoms with Gasteiger partial charge in [-0.25, -0.2) is 0 Å². The van der Waals surface area contributed by atoms with Crippen LogP contribution in [-0.2, 0) is 0 Å². The summed E-state index contributed by atoms with van der Waals surface area (Å²) >= 11 is 0. The number of aliphatic hydroxyl groups is 4. The molecule has 4 N–H and O–H groups in total. The molecule has 5 saturated carbocycles. The summed E-state index contributed by atoms with van der Waals surface area (Å²) in [5, 5.41) is 39.5. The molecule has 5 fully saturated rings. The largest absolute Gasteiger partial charge is 0.394 e. The molecule has 14 atom stereocenters. The topological polar surface area (TPSA) is 80.9 Å². The second kappa shape index (κ2) is 10.5. The summed E-state index contributed by atoms with van der Waals surface area (Å²) in [7, 11) is 0. The zero-order valence-corrected chi connectivity index (χ0v) is 27.3. The van der Waals surface area contributed by atoms with E-state index in [1.165, 1.54) is 64.2 Å². The number of fused-ring (bicyclic) bond motifs is 7. The molecule has 0 aromatic rings. The maximum atomic E-state index is 10.5. The van der Waals surface area contributed by atoms with Crippen LogP contribution < -0.4 is 0 Å². The minimum atomic E-state index is -1.27. The predicted octanol–water partition coefficient (Wildman–Crippen LogP) is 7.22. The summed E-state index contributed by atoms with van der Waals surface area (Å²) < 4.78 is 0. The highest BCUT2D eigenvalue weighted by atomic mass is 16.4. The lowest BCUT2D eigenvalue weighted by Crippen LogP contribution is -2.66. The van der Waals surface area contributed by atoms with E-state index >= 15 is 0 Å². The predicted molar refractivity (Wildman–Crippen MR) is 162 cm³/mol. The molecule has 4 heteroatoms. The molecule has 5 aliphatic rings. The van der Waals surface area contributed by atoms with Gasteiger partial charge in [-0.1, -0.05) is 55.4 Å². The minimum absolute atomic E-state index is 0.405. The Balaban J connectivity index is 1.34. The van der Waals surface area contributed by atoms with Gasteiger partial charge in [-0.15, -0.1) is 0 Å². The van der Waals surface area contributed by atoms with Crippen LogP contribution in [0.3, 0.4) is 0 Å². The lowest BCUT2D eigenvalue weighted by Gasteiger charge is -2.73. The zero-order valence-electron chi connectivity index (χ0n) is 27.3. The number of aliphatic hydroxyl groups excluding tert-OH is 4. The summed E-state index contributed by atoms with van der Waals surface area (Å²) in [6.07, 6.45) is 11.7. The fraction of sp³-hybridized carbons (Fsp3) is 1.00. The van der Waals surface area contributed by atoms with E-state index in [0.717, 1.165) is 36.0 Å². The first-order valence-corrected chi connectivity index (χ1v) is 17.2. The summed E-state index contributed by atoms with van der Waals surface area (Å²) in [5.74, 6) is 5.29. The first kappa shape index (κ1) is 31.3. The Hall–Kier alpha value is -0.160. The van der Waals surface area contributed by atoms with Crippen LogP contribution in [0.4, 0.5) is 0 Å². The molecule has 5 rings (SSSR count). The van der Waals surface area contributed by atoms with Gasteiger partial charge in [-0.3, -0.25) is 0 Å². The molecule has 0 saturated heterocycles. The van der Waals surface area contributed by atoms with Crippen molar-refractivity contribution in [2.75, 3.05) is 6.61 Å². The SMILES string of the molecule is CC(CCC(O)C(O)C(O)CO)[C@H]1CC[C@]2(C)[C@H]3CC[C@@H]4[C@@]5(C)C[C@H](C)CC(C)(C)[C@@H]5CC[C@@]4(C)[C@]3(C)CC[C@@H]12. The molecule has 0 spiro atoms. The third-order valence-electron chi connectivity index (χ3n) is 15.5. The highest BCUT2D eigenvalue weighted by molar-refractivity contribution is 5.19. The summed E-state index contributed by atoms with van der Waals surface area (Å²) in [6.45, 7) is 20.4. The van der Waals surface area contributed by atoms with Crippen LogP contribution in [0.25, 0.3) is 0 Å².